The monoisotopic (exact) mass is 920 g/mol. The predicted molar refractivity (Wildman–Crippen MR) is 252 cm³/mol. The van der Waals surface area contributed by atoms with E-state index in [9.17, 15) is 14.4 Å². The number of carbonyl (C=O) groups is 3. The van der Waals surface area contributed by atoms with Crippen LogP contribution in [0.4, 0.5) is 4.79 Å². The van der Waals surface area contributed by atoms with Crippen molar-refractivity contribution in [2.45, 2.75) is 65.9 Å². The number of amides is 1. The number of ether oxygens (including phenoxy) is 7. The first-order valence-corrected chi connectivity index (χ1v) is 22.1. The molecule has 0 aliphatic carbocycles. The van der Waals surface area contributed by atoms with Gasteiger partial charge in [0.05, 0.1) is 77.6 Å². The van der Waals surface area contributed by atoms with E-state index in [2.05, 4.69) is 25.3 Å². The third-order valence-corrected chi connectivity index (χ3v) is 12.5. The third kappa shape index (κ3) is 9.80. The molecule has 6 heterocycles. The molecule has 3 N–H and O–H groups in total. The molecule has 4 aromatic heterocycles. The first kappa shape index (κ1) is 48.0. The van der Waals surface area contributed by atoms with Gasteiger partial charge in [0.25, 0.3) is 0 Å². The van der Waals surface area contributed by atoms with Crippen molar-refractivity contribution < 1.29 is 47.5 Å². The van der Waals surface area contributed by atoms with Crippen molar-refractivity contribution in [3.63, 3.8) is 0 Å². The maximum Gasteiger partial charge on any atom is 0.410 e. The molecule has 356 valence electrons. The number of nitrogens with one attached hydrogen (secondary N) is 3. The zero-order valence-corrected chi connectivity index (χ0v) is 40.1. The fourth-order valence-electron chi connectivity index (χ4n) is 8.46. The maximum absolute atomic E-state index is 13.8. The summed E-state index contributed by atoms with van der Waals surface area (Å²) in [6.45, 7) is 12.1. The highest BCUT2D eigenvalue weighted by Gasteiger charge is 2.41. The number of methoxy groups -OCH3 is 6. The van der Waals surface area contributed by atoms with Crippen LogP contribution < -0.4 is 33.7 Å². The predicted octanol–water partition coefficient (Wildman–Crippen LogP) is 8.09. The lowest BCUT2D eigenvalue weighted by Gasteiger charge is -2.38. The molecule has 2 aromatic carbocycles. The maximum atomic E-state index is 13.8. The van der Waals surface area contributed by atoms with Crippen molar-refractivity contribution in [1.82, 2.24) is 40.1 Å². The number of piperidine rings is 2. The summed E-state index contributed by atoms with van der Waals surface area (Å²) >= 11 is 0. The molecule has 18 nitrogen and oxygen atoms in total. The smallest absolute Gasteiger partial charge is 0.410 e. The van der Waals surface area contributed by atoms with Crippen LogP contribution in [0.1, 0.15) is 81.0 Å². The molecule has 2 aliphatic rings. The van der Waals surface area contributed by atoms with Gasteiger partial charge in [-0.2, -0.15) is 0 Å². The number of aromatic amines is 2. The van der Waals surface area contributed by atoms with Gasteiger partial charge >= 0.3 is 6.09 Å². The van der Waals surface area contributed by atoms with Crippen molar-refractivity contribution in [2.75, 3.05) is 68.8 Å². The van der Waals surface area contributed by atoms with Crippen molar-refractivity contribution in [3.8, 4) is 57.0 Å². The number of benzene rings is 2. The quantitative estimate of drug-likeness (QED) is 0.0990. The summed E-state index contributed by atoms with van der Waals surface area (Å²) in [6, 6.07) is 7.22. The number of Topliss-reactive ketones (excluding diaryl/α,β-unsaturated/α-hetero) is 2. The number of hydrogen-bond donors (Lipinski definition) is 3. The topological polar surface area (TPSA) is 214 Å². The fraction of sp³-hybridized carbons (Fsp3) is 0.449. The number of rotatable bonds is 12. The zero-order chi connectivity index (χ0) is 48.3. The first-order chi connectivity index (χ1) is 32.0. The van der Waals surface area contributed by atoms with Gasteiger partial charge in [-0.3, -0.25) is 9.59 Å². The Morgan fingerprint density at radius 1 is 0.597 bits per heavy atom. The summed E-state index contributed by atoms with van der Waals surface area (Å²) < 4.78 is 38.1. The van der Waals surface area contributed by atoms with Gasteiger partial charge in [0, 0.05) is 47.4 Å². The molecule has 0 atom stereocenters. The minimum atomic E-state index is -0.641. The Morgan fingerprint density at radius 3 is 1.34 bits per heavy atom. The molecule has 0 bridgehead atoms. The third-order valence-electron chi connectivity index (χ3n) is 12.5. The van der Waals surface area contributed by atoms with Crippen molar-refractivity contribution in [1.29, 1.82) is 0 Å². The van der Waals surface area contributed by atoms with Crippen molar-refractivity contribution >= 4 is 40.0 Å². The van der Waals surface area contributed by atoms with Crippen LogP contribution in [0.15, 0.2) is 49.1 Å². The van der Waals surface area contributed by atoms with E-state index in [-0.39, 0.29) is 17.7 Å². The number of likely N-dealkylation sites (tertiary alicyclic amines) is 1. The van der Waals surface area contributed by atoms with E-state index >= 15 is 0 Å². The zero-order valence-electron chi connectivity index (χ0n) is 40.1. The number of fused-ring (bicyclic) bond motifs is 2. The standard InChI is InChI=1S/C27H34N4O6.C22H26N4O4/c1-26(2,3)37-25(33)31-10-8-27(4,9-11-31)23(32)17-14-28-24-21(17)30-18(15-29-24)16-12-19(34-5)22(36-7)20(13-16)35-6;1-22(5-7-23-8-6-22)20(27)14-11-24-21-18(14)26-15(12-25-21)13-9-16(28-2)19(30-4)17(10-13)29-3/h12-15H,8-11H2,1-7H3,(H,28,29);9-12,23H,5-8H2,1-4H3,(H,24,25). The van der Waals surface area contributed by atoms with Gasteiger partial charge in [0.15, 0.2) is 45.9 Å². The Kier molecular flexibility index (Phi) is 14.0. The number of carbonyl (C=O) groups excluding carboxylic acids is 3. The molecule has 0 radical (unpaired) electrons. The summed E-state index contributed by atoms with van der Waals surface area (Å²) in [5.41, 5.74) is 4.28. The van der Waals surface area contributed by atoms with Crippen LogP contribution in [-0.4, -0.2) is 127 Å². The molecule has 2 saturated heterocycles. The van der Waals surface area contributed by atoms with Gasteiger partial charge in [0.2, 0.25) is 11.5 Å². The molecular weight excluding hydrogens is 861 g/mol. The number of nitrogens with zero attached hydrogens (tertiary/aromatic N) is 5. The molecule has 6 aromatic rings. The van der Waals surface area contributed by atoms with E-state index in [1.54, 1.807) is 84.5 Å². The van der Waals surface area contributed by atoms with Crippen LogP contribution in [0.2, 0.25) is 0 Å². The van der Waals surface area contributed by atoms with E-state index in [0.717, 1.165) is 31.5 Å². The number of aromatic nitrogens is 6. The van der Waals surface area contributed by atoms with E-state index in [1.807, 2.05) is 46.8 Å². The van der Waals surface area contributed by atoms with Gasteiger partial charge in [0.1, 0.15) is 16.6 Å². The summed E-state index contributed by atoms with van der Waals surface area (Å²) in [7, 11) is 9.34. The number of H-pyrrole nitrogens is 2. The summed E-state index contributed by atoms with van der Waals surface area (Å²) in [5, 5.41) is 3.32. The highest BCUT2D eigenvalue weighted by molar-refractivity contribution is 6.09. The number of hydrogen-bond acceptors (Lipinski definition) is 15. The Hall–Kier alpha value is -6.95. The minimum absolute atomic E-state index is 0.0288. The molecule has 2 aliphatic heterocycles. The van der Waals surface area contributed by atoms with E-state index in [4.69, 9.17) is 43.1 Å². The SMILES string of the molecule is COc1cc(-c2cnc3[nH]cc(C(=O)C4(C)CCN(C(=O)OC(C)(C)C)CC4)c3n2)cc(OC)c1OC.COc1cc(-c2cnc3[nH]cc(C(=O)C4(C)CCNCC4)c3n2)cc(OC)c1OC. The molecular formula is C49H60N8O10. The van der Waals surface area contributed by atoms with Crippen molar-refractivity contribution in [2.24, 2.45) is 10.8 Å². The van der Waals surface area contributed by atoms with E-state index in [0.29, 0.717) is 111 Å². The highest BCUT2D eigenvalue weighted by atomic mass is 16.6. The number of ketones is 2. The molecule has 0 unspecified atom stereocenters. The fourth-order valence-corrected chi connectivity index (χ4v) is 8.46. The van der Waals surface area contributed by atoms with Gasteiger partial charge in [-0.1, -0.05) is 13.8 Å². The average Bonchev–Trinajstić information content (AvgIpc) is 3.96. The van der Waals surface area contributed by atoms with Gasteiger partial charge in [-0.05, 0) is 83.8 Å². The average molecular weight is 921 g/mol. The molecule has 2 fully saturated rings. The Balaban J connectivity index is 0.000000203. The molecule has 18 heteroatoms. The molecule has 67 heavy (non-hydrogen) atoms. The van der Waals surface area contributed by atoms with Gasteiger partial charge in [-0.15, -0.1) is 0 Å². The Bertz CT molecular complexity index is 2730. The molecule has 8 rings (SSSR count). The lowest BCUT2D eigenvalue weighted by Crippen LogP contribution is -2.46. The summed E-state index contributed by atoms with van der Waals surface area (Å²) in [4.78, 5) is 66.0. The Labute approximate surface area is 389 Å². The Morgan fingerprint density at radius 2 is 0.985 bits per heavy atom. The van der Waals surface area contributed by atoms with E-state index in [1.165, 1.54) is 0 Å². The second-order valence-corrected chi connectivity index (χ2v) is 18.1. The highest BCUT2D eigenvalue weighted by Crippen LogP contribution is 2.43. The minimum Gasteiger partial charge on any atom is -0.493 e. The largest absolute Gasteiger partial charge is 0.493 e. The van der Waals surface area contributed by atoms with Crippen LogP contribution >= 0.6 is 0 Å². The first-order valence-electron chi connectivity index (χ1n) is 22.1. The van der Waals surface area contributed by atoms with Crippen LogP contribution in [0, 0.1) is 10.8 Å². The van der Waals surface area contributed by atoms with Crippen LogP contribution in [0.3, 0.4) is 0 Å². The second kappa shape index (κ2) is 19.5. The summed E-state index contributed by atoms with van der Waals surface area (Å²) in [6.07, 6.45) is 8.99. The van der Waals surface area contributed by atoms with Crippen LogP contribution in [0.25, 0.3) is 44.8 Å². The lowest BCUT2D eigenvalue weighted by atomic mass is 9.75. The van der Waals surface area contributed by atoms with E-state index < -0.39 is 16.4 Å². The molecule has 0 saturated carbocycles. The van der Waals surface area contributed by atoms with Gasteiger partial charge < -0.3 is 53.3 Å². The lowest BCUT2D eigenvalue weighted by molar-refractivity contribution is 0.0122. The van der Waals surface area contributed by atoms with Crippen LogP contribution in [-0.2, 0) is 4.74 Å². The second-order valence-electron chi connectivity index (χ2n) is 18.1. The normalized spacial score (nSPS) is 15.5. The molecule has 0 spiro atoms. The molecule has 1 amide bonds. The van der Waals surface area contributed by atoms with Gasteiger partial charge in [-0.25, -0.2) is 24.7 Å². The van der Waals surface area contributed by atoms with Crippen molar-refractivity contribution in [3.05, 3.63) is 60.2 Å². The summed E-state index contributed by atoms with van der Waals surface area (Å²) in [5.74, 6) is 3.11. The van der Waals surface area contributed by atoms with Crippen LogP contribution in [0.5, 0.6) is 34.5 Å².